The number of hydrogen-bond acceptors (Lipinski definition) is 5. The third-order valence-corrected chi connectivity index (χ3v) is 6.00. The monoisotopic (exact) mass is 386 g/mol. The summed E-state index contributed by atoms with van der Waals surface area (Å²) in [7, 11) is -0.711. The maximum Gasteiger partial charge on any atom is 0.242 e. The standard InChI is InChI=1S/C20H22N2O4S/c1-14-9-10-18-17(8-5-11-21-18)20(14)27(23,24)22-19(13-25-2)15-6-4-7-16(12-15)26-3/h4-12,19,22H,13H2,1-3H3. The zero-order valence-electron chi connectivity index (χ0n) is 15.5. The van der Waals surface area contributed by atoms with Crippen molar-refractivity contribution in [3.63, 3.8) is 0 Å². The van der Waals surface area contributed by atoms with Crippen molar-refractivity contribution in [2.75, 3.05) is 20.8 Å². The van der Waals surface area contributed by atoms with Crippen molar-refractivity contribution >= 4 is 20.9 Å². The van der Waals surface area contributed by atoms with Crippen LogP contribution in [0.25, 0.3) is 10.9 Å². The topological polar surface area (TPSA) is 77.5 Å². The number of pyridine rings is 1. The maximum atomic E-state index is 13.3. The summed E-state index contributed by atoms with van der Waals surface area (Å²) >= 11 is 0. The van der Waals surface area contributed by atoms with Gasteiger partial charge in [0.15, 0.2) is 0 Å². The summed E-state index contributed by atoms with van der Waals surface area (Å²) in [6.45, 7) is 1.96. The van der Waals surface area contributed by atoms with Crippen LogP contribution in [-0.4, -0.2) is 34.2 Å². The molecule has 7 heteroatoms. The average molecular weight is 386 g/mol. The second-order valence-corrected chi connectivity index (χ2v) is 7.84. The number of nitrogens with one attached hydrogen (secondary N) is 1. The van der Waals surface area contributed by atoms with E-state index in [2.05, 4.69) is 9.71 Å². The highest BCUT2D eigenvalue weighted by molar-refractivity contribution is 7.89. The summed E-state index contributed by atoms with van der Waals surface area (Å²) in [6, 6.07) is 13.8. The molecule has 1 heterocycles. The number of sulfonamides is 1. The molecule has 1 aromatic heterocycles. The molecule has 0 amide bonds. The van der Waals surface area contributed by atoms with Crippen molar-refractivity contribution < 1.29 is 17.9 Å². The second-order valence-electron chi connectivity index (χ2n) is 6.19. The molecule has 2 aromatic carbocycles. The Bertz CT molecular complexity index is 1050. The molecule has 3 aromatic rings. The summed E-state index contributed by atoms with van der Waals surface area (Å²) in [4.78, 5) is 4.49. The Hall–Kier alpha value is -2.48. The molecule has 1 unspecified atom stereocenters. The van der Waals surface area contributed by atoms with Crippen molar-refractivity contribution in [3.05, 3.63) is 65.9 Å². The zero-order chi connectivity index (χ0) is 19.4. The summed E-state index contributed by atoms with van der Waals surface area (Å²) in [5, 5.41) is 0.590. The van der Waals surface area contributed by atoms with Crippen LogP contribution >= 0.6 is 0 Å². The van der Waals surface area contributed by atoms with Gasteiger partial charge in [-0.3, -0.25) is 4.98 Å². The number of rotatable bonds is 7. The van der Waals surface area contributed by atoms with Gasteiger partial charge in [0.25, 0.3) is 0 Å². The molecule has 0 spiro atoms. The van der Waals surface area contributed by atoms with E-state index >= 15 is 0 Å². The van der Waals surface area contributed by atoms with Crippen LogP contribution in [0.5, 0.6) is 5.75 Å². The SMILES string of the molecule is COCC(NS(=O)(=O)c1c(C)ccc2ncccc12)c1cccc(OC)c1. The smallest absolute Gasteiger partial charge is 0.242 e. The summed E-state index contributed by atoms with van der Waals surface area (Å²) in [5.41, 5.74) is 2.05. The van der Waals surface area contributed by atoms with Crippen molar-refractivity contribution in [2.45, 2.75) is 17.9 Å². The molecule has 142 valence electrons. The van der Waals surface area contributed by atoms with E-state index in [0.29, 0.717) is 22.2 Å². The Kier molecular flexibility index (Phi) is 5.74. The Morgan fingerprint density at radius 1 is 1.11 bits per heavy atom. The van der Waals surface area contributed by atoms with Crippen LogP contribution in [0.3, 0.4) is 0 Å². The van der Waals surface area contributed by atoms with E-state index < -0.39 is 16.1 Å². The number of aryl methyl sites for hydroxylation is 1. The highest BCUT2D eigenvalue weighted by Crippen LogP contribution is 2.28. The van der Waals surface area contributed by atoms with E-state index in [1.54, 1.807) is 44.5 Å². The summed E-state index contributed by atoms with van der Waals surface area (Å²) in [6.07, 6.45) is 1.64. The van der Waals surface area contributed by atoms with E-state index in [0.717, 1.165) is 5.56 Å². The Balaban J connectivity index is 2.05. The van der Waals surface area contributed by atoms with Crippen molar-refractivity contribution in [2.24, 2.45) is 0 Å². The van der Waals surface area contributed by atoms with Crippen LogP contribution in [0.1, 0.15) is 17.2 Å². The van der Waals surface area contributed by atoms with Gasteiger partial charge in [-0.15, -0.1) is 0 Å². The number of nitrogens with zero attached hydrogens (tertiary/aromatic N) is 1. The first-order chi connectivity index (χ1) is 13.0. The lowest BCUT2D eigenvalue weighted by Gasteiger charge is -2.20. The summed E-state index contributed by atoms with van der Waals surface area (Å²) < 4.78 is 39.8. The van der Waals surface area contributed by atoms with Crippen LogP contribution < -0.4 is 9.46 Å². The molecule has 0 saturated carbocycles. The first-order valence-corrected chi connectivity index (χ1v) is 9.94. The van der Waals surface area contributed by atoms with Crippen LogP contribution in [0, 0.1) is 6.92 Å². The largest absolute Gasteiger partial charge is 0.497 e. The number of benzene rings is 2. The van der Waals surface area contributed by atoms with Crippen LogP contribution in [0.15, 0.2) is 59.6 Å². The molecule has 0 radical (unpaired) electrons. The van der Waals surface area contributed by atoms with Gasteiger partial charge in [0.05, 0.1) is 30.2 Å². The zero-order valence-corrected chi connectivity index (χ0v) is 16.3. The molecule has 1 N–H and O–H groups in total. The van der Waals surface area contributed by atoms with E-state index in [9.17, 15) is 8.42 Å². The molecule has 0 aliphatic carbocycles. The van der Waals surface area contributed by atoms with Crippen molar-refractivity contribution in [3.8, 4) is 5.75 Å². The van der Waals surface area contributed by atoms with Gasteiger partial charge in [0.1, 0.15) is 5.75 Å². The average Bonchev–Trinajstić information content (AvgIpc) is 2.67. The minimum absolute atomic E-state index is 0.189. The highest BCUT2D eigenvalue weighted by Gasteiger charge is 2.25. The number of hydrogen-bond donors (Lipinski definition) is 1. The molecule has 27 heavy (non-hydrogen) atoms. The van der Waals surface area contributed by atoms with Crippen molar-refractivity contribution in [1.29, 1.82) is 0 Å². The van der Waals surface area contributed by atoms with Crippen LogP contribution in [0.4, 0.5) is 0 Å². The van der Waals surface area contributed by atoms with Gasteiger partial charge in [-0.2, -0.15) is 0 Å². The van der Waals surface area contributed by atoms with Crippen molar-refractivity contribution in [1.82, 2.24) is 9.71 Å². The molecule has 0 aliphatic rings. The minimum Gasteiger partial charge on any atom is -0.497 e. The van der Waals surface area contributed by atoms with Gasteiger partial charge < -0.3 is 9.47 Å². The number of fused-ring (bicyclic) bond motifs is 1. The Labute approximate surface area is 159 Å². The first kappa shape index (κ1) is 19.3. The maximum absolute atomic E-state index is 13.3. The molecule has 0 fully saturated rings. The Morgan fingerprint density at radius 3 is 2.67 bits per heavy atom. The fourth-order valence-electron chi connectivity index (χ4n) is 3.06. The molecule has 1 atom stereocenters. The van der Waals surface area contributed by atoms with E-state index in [-0.39, 0.29) is 11.5 Å². The van der Waals surface area contributed by atoms with Gasteiger partial charge in [0.2, 0.25) is 10.0 Å². The number of aromatic nitrogens is 1. The molecule has 6 nitrogen and oxygen atoms in total. The third-order valence-electron chi connectivity index (χ3n) is 4.33. The first-order valence-electron chi connectivity index (χ1n) is 8.46. The van der Waals surface area contributed by atoms with E-state index in [4.69, 9.17) is 9.47 Å². The predicted octanol–water partition coefficient (Wildman–Crippen LogP) is 3.22. The van der Waals surface area contributed by atoms with Crippen LogP contribution in [0.2, 0.25) is 0 Å². The number of methoxy groups -OCH3 is 2. The fraction of sp³-hybridized carbons (Fsp3) is 0.250. The minimum atomic E-state index is -3.82. The number of ether oxygens (including phenoxy) is 2. The molecule has 0 bridgehead atoms. The lowest BCUT2D eigenvalue weighted by atomic mass is 10.1. The normalized spacial score (nSPS) is 12.9. The van der Waals surface area contributed by atoms with Crippen LogP contribution in [-0.2, 0) is 14.8 Å². The van der Waals surface area contributed by atoms with Gasteiger partial charge in [-0.1, -0.05) is 18.2 Å². The molecular formula is C20H22N2O4S. The van der Waals surface area contributed by atoms with Gasteiger partial charge in [0, 0.05) is 18.7 Å². The lowest BCUT2D eigenvalue weighted by molar-refractivity contribution is 0.175. The van der Waals surface area contributed by atoms with E-state index in [1.165, 1.54) is 7.11 Å². The highest BCUT2D eigenvalue weighted by atomic mass is 32.2. The molecule has 0 saturated heterocycles. The molecule has 3 rings (SSSR count). The lowest BCUT2D eigenvalue weighted by Crippen LogP contribution is -2.32. The Morgan fingerprint density at radius 2 is 1.93 bits per heavy atom. The predicted molar refractivity (Wildman–Crippen MR) is 104 cm³/mol. The quantitative estimate of drug-likeness (QED) is 0.675. The van der Waals surface area contributed by atoms with Gasteiger partial charge >= 0.3 is 0 Å². The fourth-order valence-corrected chi connectivity index (χ4v) is 4.71. The summed E-state index contributed by atoms with van der Waals surface area (Å²) in [5.74, 6) is 0.651. The van der Waals surface area contributed by atoms with Gasteiger partial charge in [-0.05, 0) is 48.4 Å². The van der Waals surface area contributed by atoms with E-state index in [1.807, 2.05) is 24.3 Å². The molecule has 0 aliphatic heterocycles. The third kappa shape index (κ3) is 4.10. The second kappa shape index (κ2) is 8.04. The molecular weight excluding hydrogens is 364 g/mol. The van der Waals surface area contributed by atoms with Gasteiger partial charge in [-0.25, -0.2) is 13.1 Å².